The Balaban J connectivity index is 2.10. The van der Waals surface area contributed by atoms with Crippen LogP contribution in [0.5, 0.6) is 0 Å². The van der Waals surface area contributed by atoms with Crippen LogP contribution < -0.4 is 0 Å². The molecule has 0 aromatic rings. The molecule has 0 radical (unpaired) electrons. The monoisotopic (exact) mass is 295 g/mol. The highest BCUT2D eigenvalue weighted by molar-refractivity contribution is 5.93. The second-order valence-corrected chi connectivity index (χ2v) is 6.52. The van der Waals surface area contributed by atoms with Crippen LogP contribution >= 0.6 is 0 Å². The van der Waals surface area contributed by atoms with Gasteiger partial charge in [0.2, 0.25) is 5.91 Å². The molecule has 0 N–H and O–H groups in total. The smallest absolute Gasteiger partial charge is 0.417 e. The summed E-state index contributed by atoms with van der Waals surface area (Å²) >= 11 is 0. The molecule has 0 aromatic carbocycles. The molecular formula is C17H29NO3. The van der Waals surface area contributed by atoms with E-state index in [2.05, 4.69) is 13.8 Å². The molecule has 2 fully saturated rings. The highest BCUT2D eigenvalue weighted by atomic mass is 16.6. The van der Waals surface area contributed by atoms with Crippen LogP contribution in [0, 0.1) is 5.92 Å². The average Bonchev–Trinajstić information content (AvgIpc) is 2.94. The van der Waals surface area contributed by atoms with E-state index in [1.54, 1.807) is 0 Å². The summed E-state index contributed by atoms with van der Waals surface area (Å²) in [7, 11) is 0. The summed E-state index contributed by atoms with van der Waals surface area (Å²) in [6, 6.07) is 0. The molecule has 1 saturated heterocycles. The molecule has 0 spiro atoms. The van der Waals surface area contributed by atoms with E-state index in [1.165, 1.54) is 24.2 Å². The fourth-order valence-electron chi connectivity index (χ4n) is 4.00. The number of likely N-dealkylation sites (tertiary alicyclic amines) is 1. The van der Waals surface area contributed by atoms with Gasteiger partial charge in [-0.3, -0.25) is 4.79 Å². The molecule has 2 rings (SSSR count). The molecule has 2 amide bonds. The predicted octanol–water partition coefficient (Wildman–Crippen LogP) is 4.27. The zero-order chi connectivity index (χ0) is 15.3. The van der Waals surface area contributed by atoms with Crippen LogP contribution in [0.2, 0.25) is 0 Å². The first-order valence-electron chi connectivity index (χ1n) is 8.66. The van der Waals surface area contributed by atoms with E-state index >= 15 is 0 Å². The summed E-state index contributed by atoms with van der Waals surface area (Å²) in [4.78, 5) is 25.5. The van der Waals surface area contributed by atoms with Crippen LogP contribution in [0.4, 0.5) is 4.79 Å². The summed E-state index contributed by atoms with van der Waals surface area (Å²) < 4.78 is 5.99. The number of hydrogen-bond donors (Lipinski definition) is 0. The van der Waals surface area contributed by atoms with Crippen LogP contribution in [0.3, 0.4) is 0 Å². The third-order valence-electron chi connectivity index (χ3n) is 5.21. The minimum absolute atomic E-state index is 0.0786. The lowest BCUT2D eigenvalue weighted by atomic mass is 9.73. The van der Waals surface area contributed by atoms with Gasteiger partial charge in [0.15, 0.2) is 0 Å². The first kappa shape index (κ1) is 16.3. The van der Waals surface area contributed by atoms with E-state index < -0.39 is 6.09 Å². The van der Waals surface area contributed by atoms with E-state index in [9.17, 15) is 9.59 Å². The van der Waals surface area contributed by atoms with Gasteiger partial charge in [0.25, 0.3) is 0 Å². The standard InChI is InChI=1S/C17H29NO3/c1-3-12-17(4-2,14-9-6-5-7-10-14)21-16(20)18-13-8-11-15(18)19/h14H,3-13H2,1-2H3. The van der Waals surface area contributed by atoms with Gasteiger partial charge in [-0.05, 0) is 38.0 Å². The Labute approximate surface area is 128 Å². The number of imide groups is 1. The fraction of sp³-hybridized carbons (Fsp3) is 0.882. The van der Waals surface area contributed by atoms with E-state index in [0.717, 1.165) is 38.5 Å². The van der Waals surface area contributed by atoms with Gasteiger partial charge in [-0.15, -0.1) is 0 Å². The summed E-state index contributed by atoms with van der Waals surface area (Å²) in [5.41, 5.74) is -0.366. The molecule has 1 unspecified atom stereocenters. The zero-order valence-electron chi connectivity index (χ0n) is 13.5. The Kier molecular flexibility index (Phi) is 5.65. The Morgan fingerprint density at radius 2 is 1.95 bits per heavy atom. The van der Waals surface area contributed by atoms with Gasteiger partial charge in [0, 0.05) is 13.0 Å². The maximum Gasteiger partial charge on any atom is 0.417 e. The highest BCUT2D eigenvalue weighted by Gasteiger charge is 2.42. The topological polar surface area (TPSA) is 46.6 Å². The van der Waals surface area contributed by atoms with Crippen molar-refractivity contribution in [3.05, 3.63) is 0 Å². The highest BCUT2D eigenvalue weighted by Crippen LogP contribution is 2.41. The van der Waals surface area contributed by atoms with E-state index in [1.807, 2.05) is 0 Å². The Morgan fingerprint density at radius 3 is 2.48 bits per heavy atom. The van der Waals surface area contributed by atoms with Crippen LogP contribution in [0.15, 0.2) is 0 Å². The number of ether oxygens (including phenoxy) is 1. The van der Waals surface area contributed by atoms with Crippen molar-refractivity contribution in [2.24, 2.45) is 5.92 Å². The van der Waals surface area contributed by atoms with Gasteiger partial charge in [0.1, 0.15) is 5.60 Å². The van der Waals surface area contributed by atoms with Gasteiger partial charge in [-0.25, -0.2) is 9.69 Å². The average molecular weight is 295 g/mol. The first-order valence-corrected chi connectivity index (χ1v) is 8.66. The second kappa shape index (κ2) is 7.28. The quantitative estimate of drug-likeness (QED) is 0.760. The normalized spacial score (nSPS) is 23.1. The van der Waals surface area contributed by atoms with Crippen LogP contribution in [0.25, 0.3) is 0 Å². The van der Waals surface area contributed by atoms with Crippen molar-refractivity contribution in [1.82, 2.24) is 4.90 Å². The van der Waals surface area contributed by atoms with Crippen molar-refractivity contribution in [2.45, 2.75) is 83.7 Å². The van der Waals surface area contributed by atoms with Crippen molar-refractivity contribution in [3.63, 3.8) is 0 Å². The summed E-state index contributed by atoms with van der Waals surface area (Å²) in [6.07, 6.45) is 9.65. The maximum atomic E-state index is 12.4. The Bertz CT molecular complexity index is 376. The number of carbonyl (C=O) groups is 2. The van der Waals surface area contributed by atoms with Crippen molar-refractivity contribution in [2.75, 3.05) is 6.54 Å². The van der Waals surface area contributed by atoms with Gasteiger partial charge < -0.3 is 4.74 Å². The minimum atomic E-state index is -0.404. The lowest BCUT2D eigenvalue weighted by Crippen LogP contribution is -2.47. The summed E-state index contributed by atoms with van der Waals surface area (Å²) in [5, 5.41) is 0. The molecule has 0 bridgehead atoms. The lowest BCUT2D eigenvalue weighted by molar-refractivity contribution is -0.129. The molecule has 1 aliphatic carbocycles. The number of carbonyl (C=O) groups excluding carboxylic acids is 2. The third-order valence-corrected chi connectivity index (χ3v) is 5.21. The van der Waals surface area contributed by atoms with Crippen LogP contribution in [-0.2, 0) is 9.53 Å². The molecule has 1 aliphatic heterocycles. The van der Waals surface area contributed by atoms with Gasteiger partial charge in [0.05, 0.1) is 0 Å². The van der Waals surface area contributed by atoms with Crippen molar-refractivity contribution >= 4 is 12.0 Å². The molecule has 1 saturated carbocycles. The third kappa shape index (κ3) is 3.58. The predicted molar refractivity (Wildman–Crippen MR) is 81.9 cm³/mol. The zero-order valence-corrected chi connectivity index (χ0v) is 13.5. The molecule has 120 valence electrons. The first-order chi connectivity index (χ1) is 10.1. The summed E-state index contributed by atoms with van der Waals surface area (Å²) in [6.45, 7) is 4.78. The van der Waals surface area contributed by atoms with E-state index in [0.29, 0.717) is 18.9 Å². The van der Waals surface area contributed by atoms with E-state index in [-0.39, 0.29) is 11.5 Å². The SMILES string of the molecule is CCCC(CC)(OC(=O)N1CCCC1=O)C1CCCCC1. The van der Waals surface area contributed by atoms with Crippen LogP contribution in [0.1, 0.15) is 78.1 Å². The second-order valence-electron chi connectivity index (χ2n) is 6.52. The van der Waals surface area contributed by atoms with Crippen molar-refractivity contribution < 1.29 is 14.3 Å². The molecule has 0 aromatic heterocycles. The van der Waals surface area contributed by atoms with Crippen molar-refractivity contribution in [1.29, 1.82) is 0 Å². The van der Waals surface area contributed by atoms with Crippen molar-refractivity contribution in [3.8, 4) is 0 Å². The molecule has 1 atom stereocenters. The molecule has 2 aliphatic rings. The lowest BCUT2D eigenvalue weighted by Gasteiger charge is -2.42. The minimum Gasteiger partial charge on any atom is -0.442 e. The molecule has 4 heteroatoms. The largest absolute Gasteiger partial charge is 0.442 e. The Morgan fingerprint density at radius 1 is 1.24 bits per heavy atom. The summed E-state index contributed by atoms with van der Waals surface area (Å²) in [5.74, 6) is 0.378. The number of hydrogen-bond acceptors (Lipinski definition) is 3. The number of rotatable bonds is 5. The number of nitrogens with zero attached hydrogens (tertiary/aromatic N) is 1. The van der Waals surface area contributed by atoms with Gasteiger partial charge >= 0.3 is 6.09 Å². The molecule has 21 heavy (non-hydrogen) atoms. The fourth-order valence-corrected chi connectivity index (χ4v) is 4.00. The van der Waals surface area contributed by atoms with Gasteiger partial charge in [-0.2, -0.15) is 0 Å². The maximum absolute atomic E-state index is 12.4. The van der Waals surface area contributed by atoms with Gasteiger partial charge in [-0.1, -0.05) is 39.5 Å². The molecule has 4 nitrogen and oxygen atoms in total. The Hall–Kier alpha value is -1.06. The van der Waals surface area contributed by atoms with Crippen LogP contribution in [-0.4, -0.2) is 29.0 Å². The molecular weight excluding hydrogens is 266 g/mol. The van der Waals surface area contributed by atoms with E-state index in [4.69, 9.17) is 4.74 Å². The molecule has 1 heterocycles. The number of amides is 2.